The first-order chi connectivity index (χ1) is 13.4. The molecule has 148 valence electrons. The van der Waals surface area contributed by atoms with Crippen LogP contribution in [0.5, 0.6) is 0 Å². The molecule has 28 heavy (non-hydrogen) atoms. The Morgan fingerprint density at radius 1 is 1.18 bits per heavy atom. The smallest absolute Gasteiger partial charge is 0.228 e. The van der Waals surface area contributed by atoms with Gasteiger partial charge in [-0.3, -0.25) is 19.3 Å². The predicted octanol–water partition coefficient (Wildman–Crippen LogP) is 3.37. The number of nitrogens with zero attached hydrogens (tertiary/aromatic N) is 1. The molecule has 6 heteroatoms. The van der Waals surface area contributed by atoms with E-state index in [9.17, 15) is 14.4 Å². The van der Waals surface area contributed by atoms with Gasteiger partial charge in [0, 0.05) is 23.5 Å². The van der Waals surface area contributed by atoms with Gasteiger partial charge in [-0.25, -0.2) is 0 Å². The van der Waals surface area contributed by atoms with Crippen molar-refractivity contribution in [2.24, 2.45) is 5.92 Å². The van der Waals surface area contributed by atoms with E-state index in [0.717, 1.165) is 30.8 Å². The Hall–Kier alpha value is -2.73. The van der Waals surface area contributed by atoms with Gasteiger partial charge in [-0.05, 0) is 57.9 Å². The number of Topliss-reactive ketones (excluding diaryl/α,β-unsaturated/α-hetero) is 2. The molecule has 0 spiro atoms. The average molecular weight is 381 g/mol. The fourth-order valence-electron chi connectivity index (χ4n) is 4.02. The summed E-state index contributed by atoms with van der Waals surface area (Å²) in [6.45, 7) is 6.72. The highest BCUT2D eigenvalue weighted by molar-refractivity contribution is 6.04. The molecule has 1 aliphatic heterocycles. The quantitative estimate of drug-likeness (QED) is 0.752. The number of carbonyl (C=O) groups is 3. The van der Waals surface area contributed by atoms with Gasteiger partial charge in [-0.15, -0.1) is 0 Å². The third-order valence-electron chi connectivity index (χ3n) is 5.35. The molecule has 2 aromatic rings. The fourth-order valence-corrected chi connectivity index (χ4v) is 4.02. The van der Waals surface area contributed by atoms with Gasteiger partial charge < -0.3 is 10.3 Å². The zero-order valence-electron chi connectivity index (χ0n) is 16.7. The van der Waals surface area contributed by atoms with Crippen LogP contribution in [0.3, 0.4) is 0 Å². The van der Waals surface area contributed by atoms with Crippen LogP contribution < -0.4 is 5.32 Å². The van der Waals surface area contributed by atoms with Crippen LogP contribution >= 0.6 is 0 Å². The molecular weight excluding hydrogens is 354 g/mol. The molecule has 6 nitrogen and oxygen atoms in total. The lowest BCUT2D eigenvalue weighted by molar-refractivity contribution is -0.121. The highest BCUT2D eigenvalue weighted by Gasteiger charge is 2.28. The van der Waals surface area contributed by atoms with Gasteiger partial charge >= 0.3 is 0 Å². The summed E-state index contributed by atoms with van der Waals surface area (Å²) in [7, 11) is 0. The summed E-state index contributed by atoms with van der Waals surface area (Å²) in [5.74, 6) is -0.228. The molecular formula is C22H27N3O3. The number of ketones is 2. The van der Waals surface area contributed by atoms with Crippen LogP contribution in [0.2, 0.25) is 0 Å². The summed E-state index contributed by atoms with van der Waals surface area (Å²) >= 11 is 0. The van der Waals surface area contributed by atoms with Crippen molar-refractivity contribution in [3.63, 3.8) is 0 Å². The topological polar surface area (TPSA) is 82.3 Å². The Bertz CT molecular complexity index is 886. The van der Waals surface area contributed by atoms with Gasteiger partial charge in [-0.1, -0.05) is 18.2 Å². The SMILES string of the molecule is CC(=O)c1c(C)[nH]c(C(=O)CN2CCCC(C(=O)Nc3ccccc3)C2)c1C. The minimum atomic E-state index is -0.138. The number of anilines is 1. The first kappa shape index (κ1) is 20.0. The molecule has 2 N–H and O–H groups in total. The summed E-state index contributed by atoms with van der Waals surface area (Å²) in [6, 6.07) is 9.41. The molecule has 1 saturated heterocycles. The van der Waals surface area contributed by atoms with E-state index < -0.39 is 0 Å². The summed E-state index contributed by atoms with van der Waals surface area (Å²) in [6.07, 6.45) is 1.69. The summed E-state index contributed by atoms with van der Waals surface area (Å²) in [5, 5.41) is 2.96. The zero-order chi connectivity index (χ0) is 20.3. The van der Waals surface area contributed by atoms with Crippen molar-refractivity contribution in [3.05, 3.63) is 52.8 Å². The summed E-state index contributed by atoms with van der Waals surface area (Å²) in [5.41, 5.74) is 3.33. The third-order valence-corrected chi connectivity index (χ3v) is 5.35. The Balaban J connectivity index is 1.63. The number of aromatic nitrogens is 1. The molecule has 1 atom stereocenters. The van der Waals surface area contributed by atoms with E-state index in [0.29, 0.717) is 23.4 Å². The van der Waals surface area contributed by atoms with Gasteiger partial charge in [0.05, 0.1) is 18.2 Å². The van der Waals surface area contributed by atoms with Crippen molar-refractivity contribution in [1.29, 1.82) is 0 Å². The lowest BCUT2D eigenvalue weighted by Gasteiger charge is -2.31. The molecule has 3 rings (SSSR count). The number of likely N-dealkylation sites (tertiary alicyclic amines) is 1. The number of piperidine rings is 1. The van der Waals surface area contributed by atoms with E-state index in [1.807, 2.05) is 42.2 Å². The van der Waals surface area contributed by atoms with Crippen molar-refractivity contribution >= 4 is 23.2 Å². The van der Waals surface area contributed by atoms with Crippen LogP contribution in [-0.4, -0.2) is 47.0 Å². The number of aryl methyl sites for hydroxylation is 1. The largest absolute Gasteiger partial charge is 0.355 e. The van der Waals surface area contributed by atoms with E-state index >= 15 is 0 Å². The standard InChI is InChI=1S/C22H27N3O3/c1-14-20(16(3)26)15(2)23-21(14)19(27)13-25-11-7-8-17(12-25)22(28)24-18-9-5-4-6-10-18/h4-6,9-10,17,23H,7-8,11-13H2,1-3H3,(H,24,28). The molecule has 0 saturated carbocycles. The van der Waals surface area contributed by atoms with Crippen molar-refractivity contribution in [2.45, 2.75) is 33.6 Å². The van der Waals surface area contributed by atoms with Crippen LogP contribution in [0.1, 0.15) is 51.9 Å². The number of hydrogen-bond acceptors (Lipinski definition) is 4. The van der Waals surface area contributed by atoms with Crippen molar-refractivity contribution < 1.29 is 14.4 Å². The number of para-hydroxylation sites is 1. The molecule has 2 heterocycles. The average Bonchev–Trinajstić information content (AvgIpc) is 2.97. The maximum absolute atomic E-state index is 12.8. The van der Waals surface area contributed by atoms with Crippen molar-refractivity contribution in [3.8, 4) is 0 Å². The van der Waals surface area contributed by atoms with Gasteiger partial charge in [0.25, 0.3) is 0 Å². The van der Waals surface area contributed by atoms with Gasteiger partial charge in [0.15, 0.2) is 11.6 Å². The lowest BCUT2D eigenvalue weighted by atomic mass is 9.96. The van der Waals surface area contributed by atoms with Crippen LogP contribution in [0.15, 0.2) is 30.3 Å². The molecule has 0 radical (unpaired) electrons. The van der Waals surface area contributed by atoms with Crippen molar-refractivity contribution in [1.82, 2.24) is 9.88 Å². The Morgan fingerprint density at radius 2 is 1.89 bits per heavy atom. The van der Waals surface area contributed by atoms with E-state index in [2.05, 4.69) is 10.3 Å². The zero-order valence-corrected chi connectivity index (χ0v) is 16.7. The first-order valence-corrected chi connectivity index (χ1v) is 9.68. The van der Waals surface area contributed by atoms with Crippen LogP contribution in [0.4, 0.5) is 5.69 Å². The Morgan fingerprint density at radius 3 is 2.54 bits per heavy atom. The second kappa shape index (κ2) is 8.52. The first-order valence-electron chi connectivity index (χ1n) is 9.68. The second-order valence-corrected chi connectivity index (χ2v) is 7.53. The lowest BCUT2D eigenvalue weighted by Crippen LogP contribution is -2.43. The van der Waals surface area contributed by atoms with Crippen LogP contribution in [0, 0.1) is 19.8 Å². The molecule has 1 fully saturated rings. The minimum absolute atomic E-state index is 0.00545. The van der Waals surface area contributed by atoms with Gasteiger partial charge in [0.2, 0.25) is 5.91 Å². The van der Waals surface area contributed by atoms with E-state index in [1.54, 1.807) is 6.92 Å². The van der Waals surface area contributed by atoms with Gasteiger partial charge in [0.1, 0.15) is 0 Å². The minimum Gasteiger partial charge on any atom is -0.355 e. The van der Waals surface area contributed by atoms with Crippen molar-refractivity contribution in [2.75, 3.05) is 25.0 Å². The monoisotopic (exact) mass is 381 g/mol. The highest BCUT2D eigenvalue weighted by Crippen LogP contribution is 2.22. The number of hydrogen-bond donors (Lipinski definition) is 2. The Labute approximate surface area is 165 Å². The molecule has 0 aliphatic carbocycles. The number of carbonyl (C=O) groups excluding carboxylic acids is 3. The van der Waals surface area contributed by atoms with E-state index in [4.69, 9.17) is 0 Å². The third kappa shape index (κ3) is 4.39. The number of aromatic amines is 1. The number of amides is 1. The van der Waals surface area contributed by atoms with Crippen LogP contribution in [-0.2, 0) is 4.79 Å². The van der Waals surface area contributed by atoms with E-state index in [-0.39, 0.29) is 29.9 Å². The maximum Gasteiger partial charge on any atom is 0.228 e. The molecule has 0 bridgehead atoms. The predicted molar refractivity (Wildman–Crippen MR) is 109 cm³/mol. The summed E-state index contributed by atoms with van der Waals surface area (Å²) < 4.78 is 0. The number of rotatable bonds is 6. The number of H-pyrrole nitrogens is 1. The summed E-state index contributed by atoms with van der Waals surface area (Å²) in [4.78, 5) is 42.3. The maximum atomic E-state index is 12.8. The molecule has 1 aromatic carbocycles. The molecule has 1 unspecified atom stereocenters. The normalized spacial score (nSPS) is 17.3. The van der Waals surface area contributed by atoms with E-state index in [1.165, 1.54) is 6.92 Å². The molecule has 1 aliphatic rings. The molecule has 1 aromatic heterocycles. The van der Waals surface area contributed by atoms with Gasteiger partial charge in [-0.2, -0.15) is 0 Å². The highest BCUT2D eigenvalue weighted by atomic mass is 16.2. The number of benzene rings is 1. The second-order valence-electron chi connectivity index (χ2n) is 7.53. The Kier molecular flexibility index (Phi) is 6.09. The van der Waals surface area contributed by atoms with Crippen LogP contribution in [0.25, 0.3) is 0 Å². The molecule has 1 amide bonds. The fraction of sp³-hybridized carbons (Fsp3) is 0.409. The number of nitrogens with one attached hydrogen (secondary N) is 2.